The summed E-state index contributed by atoms with van der Waals surface area (Å²) in [5.41, 5.74) is 5.40. The van der Waals surface area contributed by atoms with Crippen LogP contribution in [0.3, 0.4) is 0 Å². The van der Waals surface area contributed by atoms with Crippen molar-refractivity contribution < 1.29 is 4.39 Å². The van der Waals surface area contributed by atoms with Gasteiger partial charge in [-0.15, -0.1) is 0 Å². The first-order valence-electron chi connectivity index (χ1n) is 5.28. The van der Waals surface area contributed by atoms with E-state index < -0.39 is 11.1 Å². The molecule has 2 N–H and O–H groups in total. The van der Waals surface area contributed by atoms with Gasteiger partial charge in [0.25, 0.3) is 0 Å². The second kappa shape index (κ2) is 3.93. The average Bonchev–Trinajstić information content (AvgIpc) is 2.18. The zero-order chi connectivity index (χ0) is 11.7. The molecule has 2 heteroatoms. The van der Waals surface area contributed by atoms with Crippen molar-refractivity contribution in [2.45, 2.75) is 33.4 Å². The maximum Gasteiger partial charge on any atom is 0.139 e. The molecule has 0 aliphatic rings. The minimum absolute atomic E-state index is 0.328. The normalized spacial score (nSPS) is 16.1. The lowest BCUT2D eigenvalue weighted by Gasteiger charge is -2.38. The second-order valence-corrected chi connectivity index (χ2v) is 4.91. The standard InChI is InChI=1S/C13H20FN/c1-10-7-5-6-8-11(10)13(4,14)12(2,3)9-15/h5-8H,9,15H2,1-4H3. The number of benzene rings is 1. The van der Waals surface area contributed by atoms with E-state index in [0.717, 1.165) is 11.1 Å². The quantitative estimate of drug-likeness (QED) is 0.813. The van der Waals surface area contributed by atoms with Crippen LogP contribution in [0, 0.1) is 12.3 Å². The van der Waals surface area contributed by atoms with Gasteiger partial charge in [-0.25, -0.2) is 4.39 Å². The third-order valence-electron chi connectivity index (χ3n) is 3.43. The highest BCUT2D eigenvalue weighted by molar-refractivity contribution is 5.32. The van der Waals surface area contributed by atoms with Gasteiger partial charge in [0, 0.05) is 12.0 Å². The molecule has 0 fully saturated rings. The van der Waals surface area contributed by atoms with Gasteiger partial charge >= 0.3 is 0 Å². The third-order valence-corrected chi connectivity index (χ3v) is 3.43. The molecule has 0 saturated carbocycles. The molecular weight excluding hydrogens is 189 g/mol. The summed E-state index contributed by atoms with van der Waals surface area (Å²) in [6, 6.07) is 7.56. The fraction of sp³-hybridized carbons (Fsp3) is 0.538. The molecular formula is C13H20FN. The number of nitrogens with two attached hydrogens (primary N) is 1. The van der Waals surface area contributed by atoms with E-state index in [1.807, 2.05) is 45.0 Å². The van der Waals surface area contributed by atoms with Crippen LogP contribution >= 0.6 is 0 Å². The Labute approximate surface area is 91.5 Å². The Kier molecular flexibility index (Phi) is 3.19. The molecule has 0 spiro atoms. The van der Waals surface area contributed by atoms with Crippen molar-refractivity contribution in [2.75, 3.05) is 6.54 Å². The number of hydrogen-bond acceptors (Lipinski definition) is 1. The van der Waals surface area contributed by atoms with Gasteiger partial charge in [-0.3, -0.25) is 0 Å². The maximum absolute atomic E-state index is 14.8. The first-order valence-corrected chi connectivity index (χ1v) is 5.28. The summed E-state index contributed by atoms with van der Waals surface area (Å²) in [7, 11) is 0. The summed E-state index contributed by atoms with van der Waals surface area (Å²) in [6.07, 6.45) is 0. The van der Waals surface area contributed by atoms with E-state index in [2.05, 4.69) is 0 Å². The van der Waals surface area contributed by atoms with Crippen LogP contribution < -0.4 is 5.73 Å². The summed E-state index contributed by atoms with van der Waals surface area (Å²) in [6.45, 7) is 7.59. The molecule has 0 radical (unpaired) electrons. The van der Waals surface area contributed by atoms with Crippen LogP contribution in [0.2, 0.25) is 0 Å². The van der Waals surface area contributed by atoms with Crippen LogP contribution in [0.5, 0.6) is 0 Å². The number of alkyl halides is 1. The van der Waals surface area contributed by atoms with Crippen molar-refractivity contribution in [3.8, 4) is 0 Å². The molecule has 0 aromatic heterocycles. The molecule has 84 valence electrons. The van der Waals surface area contributed by atoms with Gasteiger partial charge in [0.1, 0.15) is 5.67 Å². The Morgan fingerprint density at radius 2 is 1.73 bits per heavy atom. The molecule has 1 aromatic carbocycles. The van der Waals surface area contributed by atoms with Gasteiger partial charge in [0.05, 0.1) is 0 Å². The van der Waals surface area contributed by atoms with Gasteiger partial charge in [-0.05, 0) is 25.0 Å². The molecule has 0 bridgehead atoms. The molecule has 1 aromatic rings. The average molecular weight is 209 g/mol. The highest BCUT2D eigenvalue weighted by Crippen LogP contribution is 2.43. The minimum atomic E-state index is -1.40. The Balaban J connectivity index is 3.22. The van der Waals surface area contributed by atoms with E-state index in [1.54, 1.807) is 6.92 Å². The topological polar surface area (TPSA) is 26.0 Å². The van der Waals surface area contributed by atoms with Crippen molar-refractivity contribution in [1.82, 2.24) is 0 Å². The predicted molar refractivity (Wildman–Crippen MR) is 62.5 cm³/mol. The molecule has 1 unspecified atom stereocenters. The first-order chi connectivity index (χ1) is 6.83. The predicted octanol–water partition coefficient (Wildman–Crippen LogP) is 3.16. The lowest BCUT2D eigenvalue weighted by molar-refractivity contribution is 0.0366. The molecule has 1 nitrogen and oxygen atoms in total. The van der Waals surface area contributed by atoms with Crippen molar-refractivity contribution >= 4 is 0 Å². The monoisotopic (exact) mass is 209 g/mol. The van der Waals surface area contributed by atoms with Crippen molar-refractivity contribution in [2.24, 2.45) is 11.1 Å². The zero-order valence-electron chi connectivity index (χ0n) is 9.97. The van der Waals surface area contributed by atoms with E-state index in [-0.39, 0.29) is 0 Å². The van der Waals surface area contributed by atoms with Gasteiger partial charge in [0.2, 0.25) is 0 Å². The molecule has 0 heterocycles. The van der Waals surface area contributed by atoms with E-state index in [0.29, 0.717) is 6.54 Å². The fourth-order valence-corrected chi connectivity index (χ4v) is 1.66. The highest BCUT2D eigenvalue weighted by atomic mass is 19.1. The maximum atomic E-state index is 14.8. The summed E-state index contributed by atoms with van der Waals surface area (Å²) in [5, 5.41) is 0. The van der Waals surface area contributed by atoms with Gasteiger partial charge in [-0.1, -0.05) is 38.1 Å². The van der Waals surface area contributed by atoms with Crippen LogP contribution in [-0.2, 0) is 5.67 Å². The first kappa shape index (κ1) is 12.2. The highest BCUT2D eigenvalue weighted by Gasteiger charge is 2.42. The van der Waals surface area contributed by atoms with Crippen LogP contribution in [0.4, 0.5) is 4.39 Å². The van der Waals surface area contributed by atoms with E-state index in [9.17, 15) is 4.39 Å². The Hall–Kier alpha value is -0.890. The number of rotatable bonds is 3. The van der Waals surface area contributed by atoms with Crippen LogP contribution in [0.25, 0.3) is 0 Å². The second-order valence-electron chi connectivity index (χ2n) is 4.91. The van der Waals surface area contributed by atoms with E-state index in [4.69, 9.17) is 5.73 Å². The summed E-state index contributed by atoms with van der Waals surface area (Å²) in [5.74, 6) is 0. The minimum Gasteiger partial charge on any atom is -0.330 e. The van der Waals surface area contributed by atoms with Crippen LogP contribution in [0.1, 0.15) is 31.9 Å². The van der Waals surface area contributed by atoms with Gasteiger partial charge in [-0.2, -0.15) is 0 Å². The van der Waals surface area contributed by atoms with Crippen molar-refractivity contribution in [3.63, 3.8) is 0 Å². The summed E-state index contributed by atoms with van der Waals surface area (Å²) < 4.78 is 14.8. The number of halogens is 1. The Bertz CT molecular complexity index is 342. The molecule has 0 saturated heterocycles. The molecule has 0 aliphatic heterocycles. The lowest BCUT2D eigenvalue weighted by atomic mass is 9.72. The summed E-state index contributed by atoms with van der Waals surface area (Å²) >= 11 is 0. The summed E-state index contributed by atoms with van der Waals surface area (Å²) in [4.78, 5) is 0. The number of hydrogen-bond donors (Lipinski definition) is 1. The third kappa shape index (κ3) is 2.05. The van der Waals surface area contributed by atoms with E-state index >= 15 is 0 Å². The molecule has 0 amide bonds. The largest absolute Gasteiger partial charge is 0.330 e. The van der Waals surface area contributed by atoms with Crippen LogP contribution in [-0.4, -0.2) is 6.54 Å². The van der Waals surface area contributed by atoms with Crippen LogP contribution in [0.15, 0.2) is 24.3 Å². The Morgan fingerprint density at radius 3 is 2.20 bits per heavy atom. The molecule has 1 rings (SSSR count). The zero-order valence-corrected chi connectivity index (χ0v) is 9.97. The van der Waals surface area contributed by atoms with Gasteiger partial charge < -0.3 is 5.73 Å². The molecule has 0 aliphatic carbocycles. The van der Waals surface area contributed by atoms with Crippen molar-refractivity contribution in [1.29, 1.82) is 0 Å². The van der Waals surface area contributed by atoms with Crippen molar-refractivity contribution in [3.05, 3.63) is 35.4 Å². The SMILES string of the molecule is Cc1ccccc1C(C)(F)C(C)(C)CN. The smallest absolute Gasteiger partial charge is 0.139 e. The van der Waals surface area contributed by atoms with E-state index in [1.165, 1.54) is 0 Å². The molecule has 15 heavy (non-hydrogen) atoms. The number of aryl methyl sites for hydroxylation is 1. The molecule has 1 atom stereocenters. The Morgan fingerprint density at radius 1 is 1.20 bits per heavy atom. The fourth-order valence-electron chi connectivity index (χ4n) is 1.66. The lowest BCUT2D eigenvalue weighted by Crippen LogP contribution is -2.41. The van der Waals surface area contributed by atoms with Gasteiger partial charge in [0.15, 0.2) is 0 Å².